The topological polar surface area (TPSA) is 76.0 Å². The molecule has 5 heteroatoms. The highest BCUT2D eigenvalue weighted by Crippen LogP contribution is 2.37. The van der Waals surface area contributed by atoms with E-state index in [0.717, 1.165) is 6.08 Å². The van der Waals surface area contributed by atoms with Gasteiger partial charge in [0.05, 0.1) is 0 Å². The van der Waals surface area contributed by atoms with Crippen LogP contribution < -0.4 is 9.47 Å². The molecule has 2 N–H and O–H groups in total. The monoisotopic (exact) mass is 208 g/mol. The number of carbonyl (C=O) groups is 1. The van der Waals surface area contributed by atoms with Crippen LogP contribution in [0.15, 0.2) is 18.2 Å². The Morgan fingerprint density at radius 2 is 2.00 bits per heavy atom. The molecule has 15 heavy (non-hydrogen) atoms. The van der Waals surface area contributed by atoms with E-state index in [1.165, 1.54) is 18.2 Å². The molecule has 0 aliphatic carbocycles. The molecule has 0 atom stereocenters. The molecule has 0 amide bonds. The second-order valence-electron chi connectivity index (χ2n) is 2.94. The Morgan fingerprint density at radius 3 is 2.67 bits per heavy atom. The number of aromatic hydroxyl groups is 1. The number of aliphatic carboxylic acids is 1. The maximum absolute atomic E-state index is 10.3. The quantitative estimate of drug-likeness (QED) is 0.714. The van der Waals surface area contributed by atoms with Crippen LogP contribution in [0.4, 0.5) is 0 Å². The fraction of sp³-hybridized carbons (Fsp3) is 0.100. The SMILES string of the molecule is O=C(O)/C=C/c1cc2c(cc1O)OCO2. The molecule has 0 spiro atoms. The number of hydrogen-bond acceptors (Lipinski definition) is 4. The summed E-state index contributed by atoms with van der Waals surface area (Å²) >= 11 is 0. The Morgan fingerprint density at radius 1 is 1.33 bits per heavy atom. The number of fused-ring (bicyclic) bond motifs is 1. The summed E-state index contributed by atoms with van der Waals surface area (Å²) < 4.78 is 10.1. The average Bonchev–Trinajstić information content (AvgIpc) is 2.60. The van der Waals surface area contributed by atoms with E-state index in [0.29, 0.717) is 17.1 Å². The van der Waals surface area contributed by atoms with Crippen LogP contribution in [0.3, 0.4) is 0 Å². The molecule has 0 aromatic heterocycles. The first-order valence-electron chi connectivity index (χ1n) is 4.20. The molecule has 1 aromatic carbocycles. The molecule has 78 valence electrons. The summed E-state index contributed by atoms with van der Waals surface area (Å²) in [5.74, 6) is -0.165. The van der Waals surface area contributed by atoms with Gasteiger partial charge in [-0.25, -0.2) is 4.79 Å². The van der Waals surface area contributed by atoms with E-state index in [1.807, 2.05) is 0 Å². The van der Waals surface area contributed by atoms with Gasteiger partial charge >= 0.3 is 5.97 Å². The highest BCUT2D eigenvalue weighted by atomic mass is 16.7. The van der Waals surface area contributed by atoms with Gasteiger partial charge in [0, 0.05) is 17.7 Å². The first kappa shape index (κ1) is 9.39. The highest BCUT2D eigenvalue weighted by Gasteiger charge is 2.15. The molecule has 1 aromatic rings. The number of hydrogen-bond donors (Lipinski definition) is 2. The third kappa shape index (κ3) is 1.85. The predicted molar refractivity (Wildman–Crippen MR) is 50.9 cm³/mol. The van der Waals surface area contributed by atoms with Crippen molar-refractivity contribution in [3.63, 3.8) is 0 Å². The van der Waals surface area contributed by atoms with Crippen LogP contribution in [0.25, 0.3) is 6.08 Å². The van der Waals surface area contributed by atoms with E-state index in [-0.39, 0.29) is 12.5 Å². The average molecular weight is 208 g/mol. The van der Waals surface area contributed by atoms with Gasteiger partial charge in [-0.15, -0.1) is 0 Å². The van der Waals surface area contributed by atoms with Crippen molar-refractivity contribution in [2.75, 3.05) is 6.79 Å². The lowest BCUT2D eigenvalue weighted by atomic mass is 10.1. The summed E-state index contributed by atoms with van der Waals surface area (Å²) in [6.45, 7) is 0.112. The van der Waals surface area contributed by atoms with Crippen molar-refractivity contribution >= 4 is 12.0 Å². The van der Waals surface area contributed by atoms with Crippen molar-refractivity contribution in [3.05, 3.63) is 23.8 Å². The summed E-state index contributed by atoms with van der Waals surface area (Å²) in [4.78, 5) is 10.3. The van der Waals surface area contributed by atoms with Gasteiger partial charge in [-0.2, -0.15) is 0 Å². The smallest absolute Gasteiger partial charge is 0.328 e. The first-order chi connectivity index (χ1) is 7.16. The number of ether oxygens (including phenoxy) is 2. The summed E-state index contributed by atoms with van der Waals surface area (Å²) in [6.07, 6.45) is 2.23. The van der Waals surface area contributed by atoms with E-state index >= 15 is 0 Å². The molecule has 1 heterocycles. The van der Waals surface area contributed by atoms with Gasteiger partial charge in [-0.1, -0.05) is 0 Å². The number of carboxylic acids is 1. The lowest BCUT2D eigenvalue weighted by molar-refractivity contribution is -0.131. The Bertz CT molecular complexity index is 436. The normalized spacial score (nSPS) is 13.3. The van der Waals surface area contributed by atoms with E-state index in [1.54, 1.807) is 0 Å². The van der Waals surface area contributed by atoms with Gasteiger partial charge in [-0.05, 0) is 12.1 Å². The third-order valence-electron chi connectivity index (χ3n) is 1.93. The first-order valence-corrected chi connectivity index (χ1v) is 4.20. The lowest BCUT2D eigenvalue weighted by Gasteiger charge is -2.01. The zero-order valence-electron chi connectivity index (χ0n) is 7.64. The largest absolute Gasteiger partial charge is 0.507 e. The number of phenolic OH excluding ortho intramolecular Hbond substituents is 1. The number of phenols is 1. The maximum atomic E-state index is 10.3. The minimum Gasteiger partial charge on any atom is -0.507 e. The number of carboxylic acid groups (broad SMARTS) is 1. The van der Waals surface area contributed by atoms with Crippen LogP contribution >= 0.6 is 0 Å². The number of rotatable bonds is 2. The minimum absolute atomic E-state index is 0.0447. The van der Waals surface area contributed by atoms with Crippen molar-refractivity contribution in [1.82, 2.24) is 0 Å². The molecule has 0 unspecified atom stereocenters. The van der Waals surface area contributed by atoms with Crippen LogP contribution in [-0.4, -0.2) is 23.0 Å². The zero-order chi connectivity index (χ0) is 10.8. The second kappa shape index (κ2) is 3.53. The third-order valence-corrected chi connectivity index (χ3v) is 1.93. The van der Waals surface area contributed by atoms with Crippen molar-refractivity contribution in [2.24, 2.45) is 0 Å². The fourth-order valence-corrected chi connectivity index (χ4v) is 1.24. The van der Waals surface area contributed by atoms with Gasteiger partial charge in [-0.3, -0.25) is 0 Å². The molecule has 1 aliphatic rings. The van der Waals surface area contributed by atoms with Crippen LogP contribution in [0.2, 0.25) is 0 Å². The molecule has 0 saturated heterocycles. The summed E-state index contributed by atoms with van der Waals surface area (Å²) in [5, 5.41) is 17.9. The van der Waals surface area contributed by atoms with E-state index in [4.69, 9.17) is 14.6 Å². The minimum atomic E-state index is -1.08. The van der Waals surface area contributed by atoms with Crippen molar-refractivity contribution in [3.8, 4) is 17.2 Å². The molecular formula is C10H8O5. The van der Waals surface area contributed by atoms with Crippen molar-refractivity contribution in [2.45, 2.75) is 0 Å². The molecule has 5 nitrogen and oxygen atoms in total. The van der Waals surface area contributed by atoms with E-state index < -0.39 is 5.97 Å². The van der Waals surface area contributed by atoms with Crippen molar-refractivity contribution < 1.29 is 24.5 Å². The Hall–Kier alpha value is -2.17. The standard InChI is InChI=1S/C10H8O5/c11-7-4-9-8(14-5-15-9)3-6(7)1-2-10(12)13/h1-4,11H,5H2,(H,12,13)/b2-1+. The molecule has 0 fully saturated rings. The summed E-state index contributed by atoms with van der Waals surface area (Å²) in [7, 11) is 0. The summed E-state index contributed by atoms with van der Waals surface area (Å²) in [6, 6.07) is 2.92. The van der Waals surface area contributed by atoms with Crippen LogP contribution in [0.1, 0.15) is 5.56 Å². The molecule has 0 saturated carbocycles. The van der Waals surface area contributed by atoms with E-state index in [9.17, 15) is 9.90 Å². The zero-order valence-corrected chi connectivity index (χ0v) is 7.64. The Balaban J connectivity index is 2.36. The van der Waals surface area contributed by atoms with E-state index in [2.05, 4.69) is 0 Å². The fourth-order valence-electron chi connectivity index (χ4n) is 1.24. The molecule has 0 bridgehead atoms. The predicted octanol–water partition coefficient (Wildman–Crippen LogP) is 1.22. The van der Waals surface area contributed by atoms with Gasteiger partial charge in [0.2, 0.25) is 6.79 Å². The summed E-state index contributed by atoms with van der Waals surface area (Å²) in [5.41, 5.74) is 0.377. The van der Waals surface area contributed by atoms with Gasteiger partial charge in [0.25, 0.3) is 0 Å². The van der Waals surface area contributed by atoms with Gasteiger partial charge in [0.1, 0.15) is 5.75 Å². The lowest BCUT2D eigenvalue weighted by Crippen LogP contribution is -1.92. The molecule has 1 aliphatic heterocycles. The van der Waals surface area contributed by atoms with Gasteiger partial charge in [0.15, 0.2) is 11.5 Å². The Kier molecular flexibility index (Phi) is 2.21. The molecule has 0 radical (unpaired) electrons. The molecule has 2 rings (SSSR count). The van der Waals surface area contributed by atoms with Crippen LogP contribution in [-0.2, 0) is 4.79 Å². The number of benzene rings is 1. The van der Waals surface area contributed by atoms with Crippen LogP contribution in [0, 0.1) is 0 Å². The Labute approximate surface area is 85.2 Å². The molecular weight excluding hydrogens is 200 g/mol. The highest BCUT2D eigenvalue weighted by molar-refractivity contribution is 5.86. The second-order valence-corrected chi connectivity index (χ2v) is 2.94. The van der Waals surface area contributed by atoms with Gasteiger partial charge < -0.3 is 19.7 Å². The van der Waals surface area contributed by atoms with Crippen molar-refractivity contribution in [1.29, 1.82) is 0 Å². The maximum Gasteiger partial charge on any atom is 0.328 e. The van der Waals surface area contributed by atoms with Crippen LogP contribution in [0.5, 0.6) is 17.2 Å².